The van der Waals surface area contributed by atoms with E-state index in [2.05, 4.69) is 15.1 Å². The Morgan fingerprint density at radius 3 is 2.81 bits per heavy atom. The lowest BCUT2D eigenvalue weighted by Crippen LogP contribution is -2.37. The van der Waals surface area contributed by atoms with Crippen LogP contribution in [0.1, 0.15) is 34.6 Å². The Bertz CT molecular complexity index is 1090. The average Bonchev–Trinajstić information content (AvgIpc) is 3.28. The first-order valence-electron chi connectivity index (χ1n) is 8.19. The van der Waals surface area contributed by atoms with Gasteiger partial charge in [0, 0.05) is 11.4 Å². The van der Waals surface area contributed by atoms with E-state index in [1.807, 2.05) is 0 Å². The molecule has 140 valence electrons. The van der Waals surface area contributed by atoms with Gasteiger partial charge < -0.3 is 19.4 Å². The standard InChI is InChI=1S/C17H15ClN4O5/c18-10-3-1-9(2-4-10)13(23)5-14-20-15(27-21-14)6-22-16(24)11-7-26-8-12(11)19-17(22)25/h1-4,13,23H,5-8H2,(H,19,25)/t13-/m0/s1. The molecule has 0 fully saturated rings. The summed E-state index contributed by atoms with van der Waals surface area (Å²) in [6.45, 7) is 0.215. The van der Waals surface area contributed by atoms with E-state index in [0.29, 0.717) is 21.8 Å². The largest absolute Gasteiger partial charge is 0.388 e. The van der Waals surface area contributed by atoms with Gasteiger partial charge in [0.05, 0.1) is 30.6 Å². The fourth-order valence-electron chi connectivity index (χ4n) is 2.88. The lowest BCUT2D eigenvalue weighted by atomic mass is 10.1. The topological polar surface area (TPSA) is 123 Å². The van der Waals surface area contributed by atoms with Gasteiger partial charge >= 0.3 is 5.69 Å². The van der Waals surface area contributed by atoms with E-state index in [1.165, 1.54) is 0 Å². The van der Waals surface area contributed by atoms with Crippen molar-refractivity contribution in [2.24, 2.45) is 0 Å². The van der Waals surface area contributed by atoms with E-state index in [4.69, 9.17) is 20.9 Å². The maximum atomic E-state index is 12.4. The first-order valence-corrected chi connectivity index (χ1v) is 8.56. The normalized spacial score (nSPS) is 14.3. The van der Waals surface area contributed by atoms with E-state index in [-0.39, 0.29) is 37.9 Å². The van der Waals surface area contributed by atoms with Crippen LogP contribution in [-0.4, -0.2) is 24.8 Å². The van der Waals surface area contributed by atoms with Gasteiger partial charge in [-0.3, -0.25) is 9.36 Å². The van der Waals surface area contributed by atoms with Gasteiger partial charge in [-0.15, -0.1) is 0 Å². The molecule has 0 saturated carbocycles. The third-order valence-corrected chi connectivity index (χ3v) is 4.55. The zero-order chi connectivity index (χ0) is 19.0. The minimum atomic E-state index is -0.837. The summed E-state index contributed by atoms with van der Waals surface area (Å²) < 4.78 is 11.3. The summed E-state index contributed by atoms with van der Waals surface area (Å²) in [5.74, 6) is 0.362. The predicted octanol–water partition coefficient (Wildman–Crippen LogP) is 0.928. The summed E-state index contributed by atoms with van der Waals surface area (Å²) in [4.78, 5) is 31.3. The number of hydrogen-bond acceptors (Lipinski definition) is 7. The summed E-state index contributed by atoms with van der Waals surface area (Å²) in [5.41, 5.74) is 0.584. The van der Waals surface area contributed by atoms with Gasteiger partial charge in [0.15, 0.2) is 5.82 Å². The summed E-state index contributed by atoms with van der Waals surface area (Å²) in [6.07, 6.45) is -0.718. The smallest absolute Gasteiger partial charge is 0.329 e. The van der Waals surface area contributed by atoms with Crippen LogP contribution < -0.4 is 11.2 Å². The molecule has 0 unspecified atom stereocenters. The van der Waals surface area contributed by atoms with Crippen LogP contribution in [0.15, 0.2) is 38.4 Å². The number of ether oxygens (including phenoxy) is 1. The van der Waals surface area contributed by atoms with Gasteiger partial charge in [-0.25, -0.2) is 4.79 Å². The van der Waals surface area contributed by atoms with Crippen LogP contribution in [0.2, 0.25) is 5.02 Å². The van der Waals surface area contributed by atoms with Crippen LogP contribution in [0.4, 0.5) is 0 Å². The molecule has 1 aromatic carbocycles. The minimum Gasteiger partial charge on any atom is -0.388 e. The number of aliphatic hydroxyl groups excluding tert-OH is 1. The van der Waals surface area contributed by atoms with Gasteiger partial charge in [-0.1, -0.05) is 28.9 Å². The van der Waals surface area contributed by atoms with Gasteiger partial charge in [0.1, 0.15) is 6.54 Å². The second-order valence-corrected chi connectivity index (χ2v) is 6.58. The van der Waals surface area contributed by atoms with Crippen molar-refractivity contribution in [3.8, 4) is 0 Å². The number of hydrogen-bond donors (Lipinski definition) is 2. The number of benzene rings is 1. The van der Waals surface area contributed by atoms with Crippen molar-refractivity contribution in [2.75, 3.05) is 0 Å². The molecule has 0 saturated heterocycles. The average molecular weight is 391 g/mol. The van der Waals surface area contributed by atoms with Crippen LogP contribution >= 0.6 is 11.6 Å². The Labute approximate surface area is 157 Å². The number of aromatic amines is 1. The molecule has 0 spiro atoms. The fourth-order valence-corrected chi connectivity index (χ4v) is 3.00. The first-order chi connectivity index (χ1) is 13.0. The molecule has 10 heteroatoms. The van der Waals surface area contributed by atoms with Crippen molar-refractivity contribution < 1.29 is 14.4 Å². The van der Waals surface area contributed by atoms with Gasteiger partial charge in [-0.2, -0.15) is 4.98 Å². The highest BCUT2D eigenvalue weighted by atomic mass is 35.5. The van der Waals surface area contributed by atoms with E-state index in [9.17, 15) is 14.7 Å². The quantitative estimate of drug-likeness (QED) is 0.664. The van der Waals surface area contributed by atoms with Crippen LogP contribution in [0, 0.1) is 0 Å². The molecule has 27 heavy (non-hydrogen) atoms. The molecule has 3 aromatic rings. The monoisotopic (exact) mass is 390 g/mol. The molecule has 1 aliphatic rings. The molecule has 0 bridgehead atoms. The summed E-state index contributed by atoms with van der Waals surface area (Å²) >= 11 is 5.83. The van der Waals surface area contributed by atoms with Crippen molar-refractivity contribution in [3.63, 3.8) is 0 Å². The van der Waals surface area contributed by atoms with Gasteiger partial charge in [0.25, 0.3) is 5.56 Å². The summed E-state index contributed by atoms with van der Waals surface area (Å²) in [6, 6.07) is 6.77. The van der Waals surface area contributed by atoms with Crippen molar-refractivity contribution in [1.82, 2.24) is 19.7 Å². The molecule has 0 radical (unpaired) electrons. The number of fused-ring (bicyclic) bond motifs is 1. The van der Waals surface area contributed by atoms with Crippen molar-refractivity contribution in [3.05, 3.63) is 78.7 Å². The summed E-state index contributed by atoms with van der Waals surface area (Å²) in [7, 11) is 0. The van der Waals surface area contributed by atoms with Crippen molar-refractivity contribution >= 4 is 11.6 Å². The van der Waals surface area contributed by atoms with Gasteiger partial charge in [0.2, 0.25) is 5.89 Å². The number of aliphatic hydroxyl groups is 1. The number of nitrogens with zero attached hydrogens (tertiary/aromatic N) is 3. The molecular formula is C17H15ClN4O5. The third-order valence-electron chi connectivity index (χ3n) is 4.30. The maximum Gasteiger partial charge on any atom is 0.329 e. The Kier molecular flexibility index (Phi) is 4.65. The molecule has 3 heterocycles. The molecule has 1 atom stereocenters. The van der Waals surface area contributed by atoms with Gasteiger partial charge in [-0.05, 0) is 17.7 Å². The van der Waals surface area contributed by atoms with E-state index >= 15 is 0 Å². The number of rotatable bonds is 5. The molecular weight excluding hydrogens is 376 g/mol. The lowest BCUT2D eigenvalue weighted by Gasteiger charge is -2.08. The second kappa shape index (κ2) is 7.10. The second-order valence-electron chi connectivity index (χ2n) is 6.15. The predicted molar refractivity (Wildman–Crippen MR) is 93.3 cm³/mol. The van der Waals surface area contributed by atoms with E-state index < -0.39 is 17.4 Å². The first kappa shape index (κ1) is 17.7. The highest BCUT2D eigenvalue weighted by Crippen LogP contribution is 2.19. The fraction of sp³-hybridized carbons (Fsp3) is 0.294. The Hall–Kier alpha value is -2.75. The molecule has 2 N–H and O–H groups in total. The molecule has 4 rings (SSSR count). The van der Waals surface area contributed by atoms with Crippen LogP contribution in [0.3, 0.4) is 0 Å². The molecule has 0 amide bonds. The Balaban J connectivity index is 1.51. The molecule has 0 aliphatic carbocycles. The summed E-state index contributed by atoms with van der Waals surface area (Å²) in [5, 5.41) is 14.6. The third kappa shape index (κ3) is 3.57. The number of H-pyrrole nitrogens is 1. The van der Waals surface area contributed by atoms with Crippen LogP contribution in [-0.2, 0) is 30.9 Å². The van der Waals surface area contributed by atoms with E-state index in [1.54, 1.807) is 24.3 Å². The zero-order valence-corrected chi connectivity index (χ0v) is 14.8. The number of halogens is 1. The maximum absolute atomic E-state index is 12.4. The van der Waals surface area contributed by atoms with Crippen molar-refractivity contribution in [1.29, 1.82) is 0 Å². The zero-order valence-electron chi connectivity index (χ0n) is 14.0. The highest BCUT2D eigenvalue weighted by molar-refractivity contribution is 6.30. The van der Waals surface area contributed by atoms with E-state index in [0.717, 1.165) is 4.57 Å². The van der Waals surface area contributed by atoms with Crippen LogP contribution in [0.25, 0.3) is 0 Å². The molecule has 1 aliphatic heterocycles. The van der Waals surface area contributed by atoms with Crippen molar-refractivity contribution in [2.45, 2.75) is 32.3 Å². The number of nitrogens with one attached hydrogen (secondary N) is 1. The Morgan fingerprint density at radius 1 is 1.26 bits per heavy atom. The number of aromatic nitrogens is 4. The lowest BCUT2D eigenvalue weighted by molar-refractivity contribution is 0.132. The molecule has 2 aromatic heterocycles. The minimum absolute atomic E-state index is 0.0970. The Morgan fingerprint density at radius 2 is 2.04 bits per heavy atom. The van der Waals surface area contributed by atoms with Crippen LogP contribution in [0.5, 0.6) is 0 Å². The SMILES string of the molecule is O=c1[nH]c2c(c(=O)n1Cc1nc(C[C@H](O)c3ccc(Cl)cc3)no1)COC2. The highest BCUT2D eigenvalue weighted by Gasteiger charge is 2.21. The molecule has 9 nitrogen and oxygen atoms in total.